The minimum absolute atomic E-state index is 0.00849. The molecule has 0 unspecified atom stereocenters. The fourth-order valence-corrected chi connectivity index (χ4v) is 3.14. The number of carbonyl (C=O) groups is 1. The highest BCUT2D eigenvalue weighted by atomic mass is 16.7. The van der Waals surface area contributed by atoms with Gasteiger partial charge >= 0.3 is 0 Å². The highest BCUT2D eigenvalue weighted by Gasteiger charge is 2.32. The second-order valence-corrected chi connectivity index (χ2v) is 5.95. The molecule has 7 nitrogen and oxygen atoms in total. The molecule has 2 aliphatic heterocycles. The van der Waals surface area contributed by atoms with Gasteiger partial charge in [-0.2, -0.15) is 0 Å². The first-order chi connectivity index (χ1) is 11.6. The summed E-state index contributed by atoms with van der Waals surface area (Å²) < 4.78 is 11.1. The number of piperidine rings is 1. The van der Waals surface area contributed by atoms with Crippen LogP contribution in [0, 0.1) is 16.0 Å². The van der Waals surface area contributed by atoms with Gasteiger partial charge in [0.15, 0.2) is 6.29 Å². The zero-order chi connectivity index (χ0) is 16.9. The van der Waals surface area contributed by atoms with Crippen LogP contribution < -0.4 is 0 Å². The van der Waals surface area contributed by atoms with Gasteiger partial charge in [-0.25, -0.2) is 0 Å². The van der Waals surface area contributed by atoms with E-state index in [2.05, 4.69) is 0 Å². The Morgan fingerprint density at radius 1 is 1.29 bits per heavy atom. The van der Waals surface area contributed by atoms with Crippen LogP contribution in [0.2, 0.25) is 0 Å². The average molecular weight is 332 g/mol. The SMILES string of the molecule is O=C(/C=C/c1ccccc1[N+](=O)[O-])N1CCC[C@H](C2OCCO2)C1. The van der Waals surface area contributed by atoms with Gasteiger partial charge in [-0.3, -0.25) is 14.9 Å². The summed E-state index contributed by atoms with van der Waals surface area (Å²) in [5, 5.41) is 11.0. The van der Waals surface area contributed by atoms with Gasteiger partial charge in [0, 0.05) is 31.1 Å². The van der Waals surface area contributed by atoms with Crippen molar-refractivity contribution in [1.82, 2.24) is 4.90 Å². The third kappa shape index (κ3) is 3.80. The topological polar surface area (TPSA) is 81.9 Å². The van der Waals surface area contributed by atoms with Crippen LogP contribution in [-0.2, 0) is 14.3 Å². The van der Waals surface area contributed by atoms with Crippen molar-refractivity contribution in [2.45, 2.75) is 19.1 Å². The van der Waals surface area contributed by atoms with E-state index in [0.29, 0.717) is 31.9 Å². The van der Waals surface area contributed by atoms with Crippen molar-refractivity contribution in [1.29, 1.82) is 0 Å². The maximum Gasteiger partial charge on any atom is 0.276 e. The number of nitro benzene ring substituents is 1. The van der Waals surface area contributed by atoms with Crippen molar-refractivity contribution >= 4 is 17.7 Å². The number of benzene rings is 1. The lowest BCUT2D eigenvalue weighted by Gasteiger charge is -2.34. The quantitative estimate of drug-likeness (QED) is 0.480. The Labute approximate surface area is 140 Å². The zero-order valence-electron chi connectivity index (χ0n) is 13.3. The van der Waals surface area contributed by atoms with E-state index < -0.39 is 4.92 Å². The van der Waals surface area contributed by atoms with Crippen molar-refractivity contribution < 1.29 is 19.2 Å². The molecule has 2 heterocycles. The third-order valence-corrected chi connectivity index (χ3v) is 4.34. The number of likely N-dealkylation sites (tertiary alicyclic amines) is 1. The van der Waals surface area contributed by atoms with E-state index in [9.17, 15) is 14.9 Å². The molecule has 1 amide bonds. The summed E-state index contributed by atoms with van der Waals surface area (Å²) in [5.41, 5.74) is 0.415. The van der Waals surface area contributed by atoms with Gasteiger partial charge in [-0.1, -0.05) is 12.1 Å². The van der Waals surface area contributed by atoms with E-state index in [1.807, 2.05) is 0 Å². The van der Waals surface area contributed by atoms with Crippen molar-refractivity contribution in [2.24, 2.45) is 5.92 Å². The monoisotopic (exact) mass is 332 g/mol. The van der Waals surface area contributed by atoms with Gasteiger partial charge in [0.05, 0.1) is 23.7 Å². The molecule has 3 rings (SSSR count). The highest BCUT2D eigenvalue weighted by molar-refractivity contribution is 5.92. The molecule has 0 aromatic heterocycles. The van der Waals surface area contributed by atoms with Gasteiger partial charge in [0.25, 0.3) is 5.69 Å². The lowest BCUT2D eigenvalue weighted by molar-refractivity contribution is -0.385. The summed E-state index contributed by atoms with van der Waals surface area (Å²) in [7, 11) is 0. The van der Waals surface area contributed by atoms with Crippen LogP contribution in [0.3, 0.4) is 0 Å². The first kappa shape index (κ1) is 16.6. The van der Waals surface area contributed by atoms with E-state index in [-0.39, 0.29) is 23.8 Å². The summed E-state index contributed by atoms with van der Waals surface area (Å²) in [5.74, 6) is 0.0421. The lowest BCUT2D eigenvalue weighted by Crippen LogP contribution is -2.43. The Balaban J connectivity index is 1.65. The van der Waals surface area contributed by atoms with Gasteiger partial charge in [-0.05, 0) is 25.0 Å². The first-order valence-corrected chi connectivity index (χ1v) is 8.09. The van der Waals surface area contributed by atoms with Crippen LogP contribution in [0.25, 0.3) is 6.08 Å². The maximum absolute atomic E-state index is 12.4. The van der Waals surface area contributed by atoms with Crippen LogP contribution in [0.15, 0.2) is 30.3 Å². The number of amides is 1. The molecule has 2 fully saturated rings. The van der Waals surface area contributed by atoms with Gasteiger partial charge in [-0.15, -0.1) is 0 Å². The molecule has 0 N–H and O–H groups in total. The predicted octanol–water partition coefficient (Wildman–Crippen LogP) is 2.22. The van der Waals surface area contributed by atoms with Crippen LogP contribution in [-0.4, -0.2) is 48.3 Å². The minimum Gasteiger partial charge on any atom is -0.350 e. The Hall–Kier alpha value is -2.25. The van der Waals surface area contributed by atoms with Crippen LogP contribution in [0.5, 0.6) is 0 Å². The molecule has 0 aliphatic carbocycles. The van der Waals surface area contributed by atoms with Gasteiger partial charge in [0.2, 0.25) is 5.91 Å². The van der Waals surface area contributed by atoms with E-state index in [1.54, 1.807) is 23.1 Å². The van der Waals surface area contributed by atoms with E-state index in [0.717, 1.165) is 12.8 Å². The molecule has 2 aliphatic rings. The molecule has 0 radical (unpaired) electrons. The molecule has 0 bridgehead atoms. The predicted molar refractivity (Wildman–Crippen MR) is 87.1 cm³/mol. The number of hydrogen-bond acceptors (Lipinski definition) is 5. The normalized spacial score (nSPS) is 22.2. The molecule has 0 spiro atoms. The van der Waals surface area contributed by atoms with Gasteiger partial charge in [0.1, 0.15) is 0 Å². The van der Waals surface area contributed by atoms with Crippen LogP contribution in [0.4, 0.5) is 5.69 Å². The fourth-order valence-electron chi connectivity index (χ4n) is 3.14. The second-order valence-electron chi connectivity index (χ2n) is 5.95. The van der Waals surface area contributed by atoms with Crippen LogP contribution in [0.1, 0.15) is 18.4 Å². The third-order valence-electron chi connectivity index (χ3n) is 4.34. The number of rotatable bonds is 4. The zero-order valence-corrected chi connectivity index (χ0v) is 13.3. The molecule has 1 aromatic rings. The molecule has 128 valence electrons. The Morgan fingerprint density at radius 2 is 2.04 bits per heavy atom. The summed E-state index contributed by atoms with van der Waals surface area (Å²) in [6, 6.07) is 6.37. The van der Waals surface area contributed by atoms with E-state index in [1.165, 1.54) is 18.2 Å². The molecular formula is C17H20N2O5. The Morgan fingerprint density at radius 3 is 2.79 bits per heavy atom. The number of hydrogen-bond donors (Lipinski definition) is 0. The van der Waals surface area contributed by atoms with Crippen LogP contribution >= 0.6 is 0 Å². The molecule has 24 heavy (non-hydrogen) atoms. The van der Waals surface area contributed by atoms with E-state index in [4.69, 9.17) is 9.47 Å². The Bertz CT molecular complexity index is 640. The number of ether oxygens (including phenoxy) is 2. The largest absolute Gasteiger partial charge is 0.350 e. The molecule has 1 atom stereocenters. The van der Waals surface area contributed by atoms with Crippen molar-refractivity contribution in [2.75, 3.05) is 26.3 Å². The smallest absolute Gasteiger partial charge is 0.276 e. The number of nitrogens with zero attached hydrogens (tertiary/aromatic N) is 2. The molecule has 7 heteroatoms. The fraction of sp³-hybridized carbons (Fsp3) is 0.471. The molecular weight excluding hydrogens is 312 g/mol. The maximum atomic E-state index is 12.4. The van der Waals surface area contributed by atoms with Crippen molar-refractivity contribution in [3.05, 3.63) is 46.0 Å². The van der Waals surface area contributed by atoms with Gasteiger partial charge < -0.3 is 14.4 Å². The summed E-state index contributed by atoms with van der Waals surface area (Å²) in [4.78, 5) is 24.7. The number of nitro groups is 1. The molecule has 0 saturated carbocycles. The average Bonchev–Trinajstić information content (AvgIpc) is 3.14. The molecule has 2 saturated heterocycles. The lowest BCUT2D eigenvalue weighted by atomic mass is 9.97. The molecule has 1 aromatic carbocycles. The first-order valence-electron chi connectivity index (χ1n) is 8.09. The van der Waals surface area contributed by atoms with Crippen molar-refractivity contribution in [3.8, 4) is 0 Å². The second kappa shape index (κ2) is 7.55. The van der Waals surface area contributed by atoms with Crippen molar-refractivity contribution in [3.63, 3.8) is 0 Å². The minimum atomic E-state index is -0.449. The number of para-hydroxylation sites is 1. The summed E-state index contributed by atoms with van der Waals surface area (Å²) in [6.45, 7) is 2.48. The Kier molecular flexibility index (Phi) is 5.22. The standard InChI is InChI=1S/C17H20N2O5/c20-16(8-7-13-4-1-2-6-15(13)19(21)22)18-9-3-5-14(12-18)17-23-10-11-24-17/h1-2,4,6-8,14,17H,3,5,9-12H2/b8-7+/t14-/m0/s1. The summed E-state index contributed by atoms with van der Waals surface area (Å²) in [6.07, 6.45) is 4.56. The van der Waals surface area contributed by atoms with E-state index >= 15 is 0 Å². The number of carbonyl (C=O) groups excluding carboxylic acids is 1. The highest BCUT2D eigenvalue weighted by Crippen LogP contribution is 2.25. The summed E-state index contributed by atoms with van der Waals surface area (Å²) >= 11 is 0.